The second-order valence-corrected chi connectivity index (χ2v) is 8.72. The summed E-state index contributed by atoms with van der Waals surface area (Å²) < 4.78 is 0. The molecule has 5 heteroatoms. The molecule has 1 aromatic carbocycles. The first kappa shape index (κ1) is 23.5. The number of nitriles is 1. The van der Waals surface area contributed by atoms with E-state index in [1.54, 1.807) is 6.08 Å². The van der Waals surface area contributed by atoms with Crippen LogP contribution in [0.2, 0.25) is 0 Å². The van der Waals surface area contributed by atoms with Crippen LogP contribution in [0.5, 0.6) is 0 Å². The lowest BCUT2D eigenvalue weighted by molar-refractivity contribution is -0.129. The molecular weight excluding hydrogens is 376 g/mol. The molecule has 0 radical (unpaired) electrons. The highest BCUT2D eigenvalue weighted by molar-refractivity contribution is 5.96. The highest BCUT2D eigenvalue weighted by atomic mass is 16.2. The maximum Gasteiger partial charge on any atom is 0.224 e. The highest BCUT2D eigenvalue weighted by Crippen LogP contribution is 2.26. The second kappa shape index (κ2) is 11.4. The molecule has 1 aliphatic rings. The molecule has 30 heavy (non-hydrogen) atoms. The van der Waals surface area contributed by atoms with E-state index in [1.807, 2.05) is 45.0 Å². The van der Waals surface area contributed by atoms with Crippen molar-refractivity contribution in [3.8, 4) is 6.07 Å². The van der Waals surface area contributed by atoms with Gasteiger partial charge in [-0.1, -0.05) is 49.8 Å². The fraction of sp³-hybridized carbons (Fsp3) is 0.520. The number of hydrogen-bond acceptors (Lipinski definition) is 4. The van der Waals surface area contributed by atoms with Crippen molar-refractivity contribution in [1.29, 1.82) is 5.26 Å². The Balaban J connectivity index is 1.97. The third kappa shape index (κ3) is 7.59. The van der Waals surface area contributed by atoms with Crippen LogP contribution in [-0.2, 0) is 14.4 Å². The molecule has 0 bridgehead atoms. The van der Waals surface area contributed by atoms with Gasteiger partial charge in [0.15, 0.2) is 5.78 Å². The Morgan fingerprint density at radius 2 is 1.97 bits per heavy atom. The zero-order valence-corrected chi connectivity index (χ0v) is 18.2. The molecule has 2 rings (SSSR count). The largest absolute Gasteiger partial charge is 0.340 e. The summed E-state index contributed by atoms with van der Waals surface area (Å²) in [5, 5.41) is 12.2. The number of carbonyl (C=O) groups is 3. The van der Waals surface area contributed by atoms with Gasteiger partial charge in [0.2, 0.25) is 5.91 Å². The number of rotatable bonds is 10. The van der Waals surface area contributed by atoms with Gasteiger partial charge in [-0.3, -0.25) is 14.4 Å². The number of Topliss-reactive ketones (excluding diaryl/α,β-unsaturated/α-hetero) is 1. The monoisotopic (exact) mass is 408 g/mol. The normalized spacial score (nSPS) is 18.4. The maximum atomic E-state index is 12.8. The van der Waals surface area contributed by atoms with E-state index in [0.717, 1.165) is 24.0 Å². The van der Waals surface area contributed by atoms with Crippen LogP contribution in [0.15, 0.2) is 30.3 Å². The average Bonchev–Trinajstić information content (AvgIpc) is 3.10. The fourth-order valence-corrected chi connectivity index (χ4v) is 3.88. The smallest absolute Gasteiger partial charge is 0.224 e. The molecular formula is C25H32N2O3. The van der Waals surface area contributed by atoms with Gasteiger partial charge in [-0.25, -0.2) is 0 Å². The standard InChI is InChI=1S/C25H32N2O3/c1-17(2)13-21(15-23(28)12-11-19-9-7-18(3)8-10-19)25(30)27-22(16-26)14-20-5-4-6-24(20)29/h7-12,17,20-22H,4-6,13-15H2,1-3H3,(H,27,30)/b12-11+/t20-,21+,22-/m0/s1. The second-order valence-electron chi connectivity index (χ2n) is 8.72. The Morgan fingerprint density at radius 1 is 1.27 bits per heavy atom. The van der Waals surface area contributed by atoms with Gasteiger partial charge in [-0.15, -0.1) is 0 Å². The molecule has 0 aromatic heterocycles. The van der Waals surface area contributed by atoms with Crippen molar-refractivity contribution < 1.29 is 14.4 Å². The zero-order valence-electron chi connectivity index (χ0n) is 18.2. The van der Waals surface area contributed by atoms with Crippen molar-refractivity contribution in [2.24, 2.45) is 17.8 Å². The van der Waals surface area contributed by atoms with Crippen molar-refractivity contribution in [3.05, 3.63) is 41.5 Å². The van der Waals surface area contributed by atoms with Gasteiger partial charge in [0.25, 0.3) is 0 Å². The van der Waals surface area contributed by atoms with Gasteiger partial charge >= 0.3 is 0 Å². The Morgan fingerprint density at radius 3 is 2.53 bits per heavy atom. The summed E-state index contributed by atoms with van der Waals surface area (Å²) in [7, 11) is 0. The van der Waals surface area contributed by atoms with Gasteiger partial charge in [-0.2, -0.15) is 5.26 Å². The highest BCUT2D eigenvalue weighted by Gasteiger charge is 2.30. The molecule has 0 spiro atoms. The summed E-state index contributed by atoms with van der Waals surface area (Å²) in [4.78, 5) is 37.2. The van der Waals surface area contributed by atoms with Crippen molar-refractivity contribution >= 4 is 23.5 Å². The molecule has 5 nitrogen and oxygen atoms in total. The van der Waals surface area contributed by atoms with Crippen LogP contribution in [0.1, 0.15) is 63.5 Å². The van der Waals surface area contributed by atoms with Crippen LogP contribution in [0.3, 0.4) is 0 Å². The van der Waals surface area contributed by atoms with Crippen LogP contribution in [0, 0.1) is 36.0 Å². The lowest BCUT2D eigenvalue weighted by Crippen LogP contribution is -2.40. The molecule has 1 aliphatic carbocycles. The number of allylic oxidation sites excluding steroid dienone is 1. The number of nitrogens with zero attached hydrogens (tertiary/aromatic N) is 1. The number of hydrogen-bond donors (Lipinski definition) is 1. The van der Waals surface area contributed by atoms with Crippen molar-refractivity contribution in [1.82, 2.24) is 5.32 Å². The summed E-state index contributed by atoms with van der Waals surface area (Å²) in [6.45, 7) is 6.02. The molecule has 0 heterocycles. The summed E-state index contributed by atoms with van der Waals surface area (Å²) in [6.07, 6.45) is 6.51. The van der Waals surface area contributed by atoms with Crippen molar-refractivity contribution in [2.75, 3.05) is 0 Å². The third-order valence-electron chi connectivity index (χ3n) is 5.54. The minimum Gasteiger partial charge on any atom is -0.340 e. The molecule has 1 N–H and O–H groups in total. The van der Waals surface area contributed by atoms with E-state index in [-0.39, 0.29) is 35.7 Å². The minimum atomic E-state index is -0.697. The summed E-state index contributed by atoms with van der Waals surface area (Å²) in [5.41, 5.74) is 2.09. The number of carbonyl (C=O) groups excluding carboxylic acids is 3. The van der Waals surface area contributed by atoms with E-state index < -0.39 is 12.0 Å². The van der Waals surface area contributed by atoms with E-state index in [2.05, 4.69) is 11.4 Å². The van der Waals surface area contributed by atoms with Crippen molar-refractivity contribution in [2.45, 2.75) is 65.3 Å². The lowest BCUT2D eigenvalue weighted by Gasteiger charge is -2.21. The fourth-order valence-electron chi connectivity index (χ4n) is 3.88. The molecule has 0 unspecified atom stereocenters. The van der Waals surface area contributed by atoms with Crippen LogP contribution in [0.4, 0.5) is 0 Å². The molecule has 1 amide bonds. The molecule has 0 aliphatic heterocycles. The Kier molecular flexibility index (Phi) is 8.98. The first-order chi connectivity index (χ1) is 14.3. The van der Waals surface area contributed by atoms with Crippen LogP contribution in [0.25, 0.3) is 6.08 Å². The molecule has 0 saturated heterocycles. The number of ketones is 2. The molecule has 1 aromatic rings. The topological polar surface area (TPSA) is 87.0 Å². The van der Waals surface area contributed by atoms with Crippen LogP contribution < -0.4 is 5.32 Å². The minimum absolute atomic E-state index is 0.104. The first-order valence-electron chi connectivity index (χ1n) is 10.8. The maximum absolute atomic E-state index is 12.8. The Labute approximate surface area is 179 Å². The van der Waals surface area contributed by atoms with E-state index in [4.69, 9.17) is 0 Å². The van der Waals surface area contributed by atoms with E-state index in [0.29, 0.717) is 19.3 Å². The number of aryl methyl sites for hydroxylation is 1. The van der Waals surface area contributed by atoms with Crippen molar-refractivity contribution in [3.63, 3.8) is 0 Å². The lowest BCUT2D eigenvalue weighted by atomic mass is 9.90. The predicted octanol–water partition coefficient (Wildman–Crippen LogP) is 4.40. The van der Waals surface area contributed by atoms with Gasteiger partial charge < -0.3 is 5.32 Å². The molecule has 160 valence electrons. The summed E-state index contributed by atoms with van der Waals surface area (Å²) in [5.74, 6) is -0.604. The quantitative estimate of drug-likeness (QED) is 0.581. The predicted molar refractivity (Wildman–Crippen MR) is 117 cm³/mol. The SMILES string of the molecule is Cc1ccc(/C=C/C(=O)C[C@@H](CC(C)C)C(=O)N[C@H](C#N)C[C@@H]2CCCC2=O)cc1. The van der Waals surface area contributed by atoms with E-state index in [1.165, 1.54) is 6.08 Å². The van der Waals surface area contributed by atoms with Crippen LogP contribution in [-0.4, -0.2) is 23.5 Å². The Bertz CT molecular complexity index is 818. The third-order valence-corrected chi connectivity index (χ3v) is 5.54. The van der Waals surface area contributed by atoms with Gasteiger partial charge in [0.05, 0.1) is 6.07 Å². The van der Waals surface area contributed by atoms with E-state index >= 15 is 0 Å². The number of amides is 1. The summed E-state index contributed by atoms with van der Waals surface area (Å²) >= 11 is 0. The number of nitrogens with one attached hydrogen (secondary N) is 1. The van der Waals surface area contributed by atoms with Gasteiger partial charge in [0.1, 0.15) is 11.8 Å². The van der Waals surface area contributed by atoms with E-state index in [9.17, 15) is 19.6 Å². The molecule has 1 saturated carbocycles. The zero-order chi connectivity index (χ0) is 22.1. The molecule has 1 fully saturated rings. The molecule has 3 atom stereocenters. The Hall–Kier alpha value is -2.74. The first-order valence-corrected chi connectivity index (χ1v) is 10.8. The van der Waals surface area contributed by atoms with Gasteiger partial charge in [0, 0.05) is 24.7 Å². The van der Waals surface area contributed by atoms with Gasteiger partial charge in [-0.05, 0) is 50.2 Å². The average molecular weight is 409 g/mol. The van der Waals surface area contributed by atoms with Crippen LogP contribution >= 0.6 is 0 Å². The summed E-state index contributed by atoms with van der Waals surface area (Å²) in [6, 6.07) is 9.27. The number of benzene rings is 1.